The second-order valence-corrected chi connectivity index (χ2v) is 6.53. The van der Waals surface area contributed by atoms with E-state index >= 15 is 0 Å². The number of carboxylic acids is 1. The van der Waals surface area contributed by atoms with E-state index in [1.54, 1.807) is 18.0 Å². The summed E-state index contributed by atoms with van der Waals surface area (Å²) in [6, 6.07) is 5.38. The van der Waals surface area contributed by atoms with Crippen LogP contribution in [0.1, 0.15) is 42.3 Å². The summed E-state index contributed by atoms with van der Waals surface area (Å²) in [4.78, 5) is 24.7. The fourth-order valence-corrected chi connectivity index (χ4v) is 2.20. The van der Waals surface area contributed by atoms with Crippen molar-refractivity contribution in [3.8, 4) is 0 Å². The molecule has 0 unspecified atom stereocenters. The largest absolute Gasteiger partial charge is 0.478 e. The number of hydrogen-bond acceptors (Lipinski definition) is 2. The first-order chi connectivity index (χ1) is 9.58. The Morgan fingerprint density at radius 3 is 2.38 bits per heavy atom. The Morgan fingerprint density at radius 2 is 1.86 bits per heavy atom. The first-order valence-electron chi connectivity index (χ1n) is 6.87. The second-order valence-electron chi connectivity index (χ2n) is 6.53. The molecule has 0 fully saturated rings. The maximum atomic E-state index is 12.5. The van der Waals surface area contributed by atoms with Crippen LogP contribution in [0.2, 0.25) is 0 Å². The number of carbonyl (C=O) groups excluding carboxylic acids is 1. The van der Waals surface area contributed by atoms with Crippen molar-refractivity contribution in [1.82, 2.24) is 4.90 Å². The van der Waals surface area contributed by atoms with Gasteiger partial charge in [0.15, 0.2) is 0 Å². The van der Waals surface area contributed by atoms with Gasteiger partial charge in [0.2, 0.25) is 0 Å². The molecular formula is C17H23NO3. The summed E-state index contributed by atoms with van der Waals surface area (Å²) < 4.78 is 0. The van der Waals surface area contributed by atoms with Crippen molar-refractivity contribution in [1.29, 1.82) is 0 Å². The number of nitrogens with zero attached hydrogens (tertiary/aromatic N) is 1. The van der Waals surface area contributed by atoms with Crippen molar-refractivity contribution < 1.29 is 14.7 Å². The highest BCUT2D eigenvalue weighted by molar-refractivity contribution is 5.95. The molecule has 4 heteroatoms. The molecule has 0 saturated heterocycles. The summed E-state index contributed by atoms with van der Waals surface area (Å²) in [5, 5.41) is 8.68. The molecule has 0 atom stereocenters. The molecule has 0 bridgehead atoms. The lowest BCUT2D eigenvalue weighted by Gasteiger charge is -2.26. The van der Waals surface area contributed by atoms with Crippen LogP contribution in [0.5, 0.6) is 0 Å². The van der Waals surface area contributed by atoms with Crippen LogP contribution < -0.4 is 0 Å². The zero-order chi connectivity index (χ0) is 16.2. The standard InChI is InChI=1S/C17H23NO3/c1-12-8-13(6-7-15(19)20)10-14(9-12)16(21)18(5)11-17(2,3)4/h6-10H,11H2,1-5H3,(H,19,20)/b7-6+. The Balaban J connectivity index is 3.02. The normalized spacial score (nSPS) is 11.7. The van der Waals surface area contributed by atoms with Gasteiger partial charge in [-0.25, -0.2) is 4.79 Å². The summed E-state index contributed by atoms with van der Waals surface area (Å²) >= 11 is 0. The molecular weight excluding hydrogens is 266 g/mol. The van der Waals surface area contributed by atoms with Crippen molar-refractivity contribution >= 4 is 18.0 Å². The van der Waals surface area contributed by atoms with Gasteiger partial charge >= 0.3 is 5.97 Å². The number of aliphatic carboxylic acids is 1. The average Bonchev–Trinajstić information content (AvgIpc) is 2.32. The first-order valence-corrected chi connectivity index (χ1v) is 6.87. The van der Waals surface area contributed by atoms with Crippen LogP contribution in [0.3, 0.4) is 0 Å². The molecule has 1 aromatic carbocycles. The first kappa shape index (κ1) is 17.0. The number of carbonyl (C=O) groups is 2. The molecule has 0 spiro atoms. The number of hydrogen-bond donors (Lipinski definition) is 1. The third kappa shape index (κ3) is 5.81. The van der Waals surface area contributed by atoms with E-state index in [0.29, 0.717) is 17.7 Å². The van der Waals surface area contributed by atoms with Gasteiger partial charge in [-0.3, -0.25) is 4.79 Å². The molecule has 1 amide bonds. The van der Waals surface area contributed by atoms with E-state index in [0.717, 1.165) is 11.6 Å². The highest BCUT2D eigenvalue weighted by Gasteiger charge is 2.19. The average molecular weight is 289 g/mol. The predicted molar refractivity (Wildman–Crippen MR) is 84.3 cm³/mol. The van der Waals surface area contributed by atoms with E-state index < -0.39 is 5.97 Å². The van der Waals surface area contributed by atoms with Gasteiger partial charge in [0.25, 0.3) is 5.91 Å². The minimum absolute atomic E-state index is 0.0281. The minimum Gasteiger partial charge on any atom is -0.478 e. The fraction of sp³-hybridized carbons (Fsp3) is 0.412. The molecule has 0 aliphatic carbocycles. The number of carboxylic acid groups (broad SMARTS) is 1. The lowest BCUT2D eigenvalue weighted by molar-refractivity contribution is -0.131. The molecule has 1 rings (SSSR count). The molecule has 1 N–H and O–H groups in total. The van der Waals surface area contributed by atoms with Crippen molar-refractivity contribution in [3.63, 3.8) is 0 Å². The van der Waals surface area contributed by atoms with Gasteiger partial charge in [0.05, 0.1) is 0 Å². The van der Waals surface area contributed by atoms with E-state index in [4.69, 9.17) is 5.11 Å². The molecule has 0 saturated carbocycles. The van der Waals surface area contributed by atoms with Gasteiger partial charge < -0.3 is 10.0 Å². The van der Waals surface area contributed by atoms with Crippen LogP contribution in [-0.2, 0) is 4.79 Å². The molecule has 1 aromatic rings. The van der Waals surface area contributed by atoms with E-state index in [1.165, 1.54) is 6.08 Å². The molecule has 4 nitrogen and oxygen atoms in total. The van der Waals surface area contributed by atoms with Crippen LogP contribution in [-0.4, -0.2) is 35.5 Å². The van der Waals surface area contributed by atoms with Crippen LogP contribution in [0.15, 0.2) is 24.3 Å². The fourth-order valence-electron chi connectivity index (χ4n) is 2.20. The number of rotatable bonds is 4. The van der Waals surface area contributed by atoms with E-state index in [-0.39, 0.29) is 11.3 Å². The van der Waals surface area contributed by atoms with E-state index in [1.807, 2.05) is 19.1 Å². The monoisotopic (exact) mass is 289 g/mol. The molecule has 114 valence electrons. The number of benzene rings is 1. The third-order valence-corrected chi connectivity index (χ3v) is 2.82. The lowest BCUT2D eigenvalue weighted by Crippen LogP contribution is -2.34. The van der Waals surface area contributed by atoms with Gasteiger partial charge in [0, 0.05) is 25.2 Å². The Morgan fingerprint density at radius 1 is 1.24 bits per heavy atom. The van der Waals surface area contributed by atoms with Gasteiger partial charge in [0.1, 0.15) is 0 Å². The number of amides is 1. The predicted octanol–water partition coefficient (Wildman–Crippen LogP) is 3.21. The topological polar surface area (TPSA) is 57.6 Å². The highest BCUT2D eigenvalue weighted by Crippen LogP contribution is 2.18. The molecule has 0 aliphatic rings. The van der Waals surface area contributed by atoms with E-state index in [2.05, 4.69) is 20.8 Å². The summed E-state index contributed by atoms with van der Waals surface area (Å²) in [6.07, 6.45) is 2.57. The zero-order valence-corrected chi connectivity index (χ0v) is 13.3. The van der Waals surface area contributed by atoms with Crippen molar-refractivity contribution in [2.24, 2.45) is 5.41 Å². The molecule has 0 aromatic heterocycles. The van der Waals surface area contributed by atoms with Gasteiger partial charge in [-0.1, -0.05) is 26.8 Å². The van der Waals surface area contributed by atoms with Crippen LogP contribution in [0.25, 0.3) is 6.08 Å². The SMILES string of the molecule is Cc1cc(/C=C/C(=O)O)cc(C(=O)N(C)CC(C)(C)C)c1. The van der Waals surface area contributed by atoms with Crippen LogP contribution in [0, 0.1) is 12.3 Å². The minimum atomic E-state index is -1.01. The number of aryl methyl sites for hydroxylation is 1. The summed E-state index contributed by atoms with van der Waals surface area (Å²) in [6.45, 7) is 8.77. The van der Waals surface area contributed by atoms with Crippen molar-refractivity contribution in [3.05, 3.63) is 41.0 Å². The lowest BCUT2D eigenvalue weighted by atomic mass is 9.96. The summed E-state index contributed by atoms with van der Waals surface area (Å²) in [5.74, 6) is -1.06. The van der Waals surface area contributed by atoms with Gasteiger partial charge in [-0.2, -0.15) is 0 Å². The zero-order valence-electron chi connectivity index (χ0n) is 13.3. The van der Waals surface area contributed by atoms with Crippen LogP contribution >= 0.6 is 0 Å². The molecule has 0 heterocycles. The van der Waals surface area contributed by atoms with Crippen molar-refractivity contribution in [2.45, 2.75) is 27.7 Å². The Labute approximate surface area is 126 Å². The van der Waals surface area contributed by atoms with Gasteiger partial charge in [-0.15, -0.1) is 0 Å². The molecule has 21 heavy (non-hydrogen) atoms. The summed E-state index contributed by atoms with van der Waals surface area (Å²) in [5.41, 5.74) is 2.24. The Hall–Kier alpha value is -2.10. The molecule has 0 aliphatic heterocycles. The smallest absolute Gasteiger partial charge is 0.328 e. The maximum absolute atomic E-state index is 12.5. The summed E-state index contributed by atoms with van der Waals surface area (Å²) in [7, 11) is 1.78. The van der Waals surface area contributed by atoms with Gasteiger partial charge in [-0.05, 0) is 41.7 Å². The maximum Gasteiger partial charge on any atom is 0.328 e. The molecule has 0 radical (unpaired) electrons. The second kappa shape index (κ2) is 6.57. The third-order valence-electron chi connectivity index (χ3n) is 2.82. The highest BCUT2D eigenvalue weighted by atomic mass is 16.4. The van der Waals surface area contributed by atoms with Crippen LogP contribution in [0.4, 0.5) is 0 Å². The quantitative estimate of drug-likeness (QED) is 0.866. The van der Waals surface area contributed by atoms with Crippen molar-refractivity contribution in [2.75, 3.05) is 13.6 Å². The Kier molecular flexibility index (Phi) is 5.30. The van der Waals surface area contributed by atoms with E-state index in [9.17, 15) is 9.59 Å². The Bertz CT molecular complexity index is 568.